The van der Waals surface area contributed by atoms with Gasteiger partial charge in [0.15, 0.2) is 5.75 Å². The van der Waals surface area contributed by atoms with Crippen molar-refractivity contribution in [2.24, 2.45) is 0 Å². The number of benzene rings is 4. The van der Waals surface area contributed by atoms with Crippen LogP contribution >= 0.6 is 0 Å². The van der Waals surface area contributed by atoms with Crippen LogP contribution in [0.2, 0.25) is 0 Å². The van der Waals surface area contributed by atoms with E-state index in [1.165, 1.54) is 12.1 Å². The second-order valence-corrected chi connectivity index (χ2v) is 7.33. The van der Waals surface area contributed by atoms with Crippen molar-refractivity contribution in [3.05, 3.63) is 66.7 Å². The summed E-state index contributed by atoms with van der Waals surface area (Å²) in [6.45, 7) is 0. The summed E-state index contributed by atoms with van der Waals surface area (Å²) in [7, 11) is -5.75. The summed E-state index contributed by atoms with van der Waals surface area (Å²) >= 11 is 0. The molecular weight excluding hydrogens is 365 g/mol. The first-order valence-corrected chi connectivity index (χ1v) is 9.03. The smallest absolute Gasteiger partial charge is 0.375 e. The van der Waals surface area contributed by atoms with Crippen LogP contribution in [0.25, 0.3) is 32.3 Å². The summed E-state index contributed by atoms with van der Waals surface area (Å²) in [5.41, 5.74) is -5.49. The molecule has 132 valence electrons. The van der Waals surface area contributed by atoms with Gasteiger partial charge in [0.1, 0.15) is 0 Å². The first kappa shape index (κ1) is 16.7. The van der Waals surface area contributed by atoms with Crippen LogP contribution in [0.1, 0.15) is 0 Å². The van der Waals surface area contributed by atoms with Crippen LogP contribution < -0.4 is 4.18 Å². The van der Waals surface area contributed by atoms with Crippen LogP contribution in [-0.4, -0.2) is 13.9 Å². The van der Waals surface area contributed by atoms with Gasteiger partial charge in [0.05, 0.1) is 0 Å². The second-order valence-electron chi connectivity index (χ2n) is 5.79. The van der Waals surface area contributed by atoms with Crippen molar-refractivity contribution in [2.45, 2.75) is 5.51 Å². The molecule has 3 nitrogen and oxygen atoms in total. The first-order chi connectivity index (χ1) is 12.3. The quantitative estimate of drug-likeness (QED) is 0.268. The SMILES string of the molecule is O=S(=O)(Oc1cc2ccc3ccccc3c2c2ccccc12)C(F)(F)F. The Morgan fingerprint density at radius 3 is 2.00 bits per heavy atom. The zero-order chi connectivity index (χ0) is 18.5. The summed E-state index contributed by atoms with van der Waals surface area (Å²) in [6.07, 6.45) is 0. The minimum absolute atomic E-state index is 0.296. The van der Waals surface area contributed by atoms with Crippen molar-refractivity contribution in [3.8, 4) is 5.75 Å². The van der Waals surface area contributed by atoms with Crippen LogP contribution in [0.15, 0.2) is 66.7 Å². The second kappa shape index (κ2) is 5.60. The predicted molar refractivity (Wildman–Crippen MR) is 94.6 cm³/mol. The van der Waals surface area contributed by atoms with Gasteiger partial charge in [-0.3, -0.25) is 0 Å². The summed E-state index contributed by atoms with van der Waals surface area (Å²) in [4.78, 5) is 0. The number of rotatable bonds is 2. The van der Waals surface area contributed by atoms with Crippen molar-refractivity contribution in [1.82, 2.24) is 0 Å². The number of hydrogen-bond acceptors (Lipinski definition) is 3. The molecule has 0 aliphatic rings. The molecule has 7 heteroatoms. The van der Waals surface area contributed by atoms with Gasteiger partial charge in [0.2, 0.25) is 0 Å². The molecule has 0 N–H and O–H groups in total. The normalized spacial score (nSPS) is 12.7. The lowest BCUT2D eigenvalue weighted by atomic mass is 9.96. The average molecular weight is 376 g/mol. The predicted octanol–water partition coefficient (Wildman–Crippen LogP) is 5.37. The maximum atomic E-state index is 12.7. The van der Waals surface area contributed by atoms with Gasteiger partial charge in [-0.05, 0) is 33.0 Å². The van der Waals surface area contributed by atoms with Crippen molar-refractivity contribution in [3.63, 3.8) is 0 Å². The third-order valence-corrected chi connectivity index (χ3v) is 5.16. The van der Waals surface area contributed by atoms with Gasteiger partial charge in [0.25, 0.3) is 0 Å². The Labute approximate surface area is 146 Å². The van der Waals surface area contributed by atoms with Gasteiger partial charge < -0.3 is 4.18 Å². The Morgan fingerprint density at radius 1 is 0.731 bits per heavy atom. The van der Waals surface area contributed by atoms with E-state index in [0.29, 0.717) is 16.2 Å². The maximum absolute atomic E-state index is 12.7. The molecule has 0 aliphatic heterocycles. The monoisotopic (exact) mass is 376 g/mol. The van der Waals surface area contributed by atoms with Crippen molar-refractivity contribution in [1.29, 1.82) is 0 Å². The Morgan fingerprint density at radius 2 is 1.31 bits per heavy atom. The van der Waals surface area contributed by atoms with E-state index < -0.39 is 15.6 Å². The van der Waals surface area contributed by atoms with Gasteiger partial charge in [-0.15, -0.1) is 0 Å². The van der Waals surface area contributed by atoms with Crippen molar-refractivity contribution >= 4 is 42.4 Å². The largest absolute Gasteiger partial charge is 0.534 e. The van der Waals surface area contributed by atoms with Crippen molar-refractivity contribution in [2.75, 3.05) is 0 Å². The summed E-state index contributed by atoms with van der Waals surface area (Å²) < 4.78 is 65.6. The van der Waals surface area contributed by atoms with E-state index in [1.54, 1.807) is 24.3 Å². The van der Waals surface area contributed by atoms with Crippen LogP contribution in [-0.2, 0) is 10.1 Å². The van der Waals surface area contributed by atoms with E-state index in [0.717, 1.165) is 16.2 Å². The van der Waals surface area contributed by atoms with Gasteiger partial charge in [0, 0.05) is 5.39 Å². The van der Waals surface area contributed by atoms with Gasteiger partial charge in [-0.1, -0.05) is 60.7 Å². The molecule has 0 atom stereocenters. The third kappa shape index (κ3) is 2.55. The Kier molecular flexibility index (Phi) is 3.59. The highest BCUT2D eigenvalue weighted by molar-refractivity contribution is 7.88. The fourth-order valence-electron chi connectivity index (χ4n) is 3.08. The zero-order valence-corrected chi connectivity index (χ0v) is 13.9. The maximum Gasteiger partial charge on any atom is 0.534 e. The molecular formula is C19H11F3O3S. The molecule has 4 rings (SSSR count). The van der Waals surface area contributed by atoms with E-state index in [-0.39, 0.29) is 5.75 Å². The number of alkyl halides is 3. The topological polar surface area (TPSA) is 43.4 Å². The number of halogens is 3. The molecule has 0 aliphatic carbocycles. The molecule has 0 fully saturated rings. The van der Waals surface area contributed by atoms with E-state index in [1.807, 2.05) is 30.3 Å². The molecule has 0 bridgehead atoms. The van der Waals surface area contributed by atoms with Crippen LogP contribution in [0.4, 0.5) is 13.2 Å². The molecule has 4 aromatic rings. The van der Waals surface area contributed by atoms with Crippen LogP contribution in [0.5, 0.6) is 5.75 Å². The average Bonchev–Trinajstić information content (AvgIpc) is 2.60. The van der Waals surface area contributed by atoms with Gasteiger partial charge >= 0.3 is 15.6 Å². The lowest BCUT2D eigenvalue weighted by molar-refractivity contribution is -0.0499. The third-order valence-electron chi connectivity index (χ3n) is 4.19. The van der Waals surface area contributed by atoms with Gasteiger partial charge in [-0.25, -0.2) is 0 Å². The highest BCUT2D eigenvalue weighted by Crippen LogP contribution is 2.39. The lowest BCUT2D eigenvalue weighted by Gasteiger charge is -2.14. The molecule has 0 saturated carbocycles. The molecule has 4 aromatic carbocycles. The van der Waals surface area contributed by atoms with Crippen LogP contribution in [0, 0.1) is 0 Å². The summed E-state index contributed by atoms with van der Waals surface area (Å²) in [5.74, 6) is -0.347. The molecule has 0 aromatic heterocycles. The molecule has 0 heterocycles. The van der Waals surface area contributed by atoms with Gasteiger partial charge in [-0.2, -0.15) is 21.6 Å². The molecule has 0 radical (unpaired) electrons. The highest BCUT2D eigenvalue weighted by Gasteiger charge is 2.48. The Balaban J connectivity index is 2.09. The number of hydrogen-bond donors (Lipinski definition) is 0. The van der Waals surface area contributed by atoms with E-state index >= 15 is 0 Å². The van der Waals surface area contributed by atoms with Crippen LogP contribution in [0.3, 0.4) is 0 Å². The minimum Gasteiger partial charge on any atom is -0.375 e. The fourth-order valence-corrected chi connectivity index (χ4v) is 3.55. The Hall–Kier alpha value is -2.80. The van der Waals surface area contributed by atoms with Crippen molar-refractivity contribution < 1.29 is 25.8 Å². The van der Waals surface area contributed by atoms with E-state index in [2.05, 4.69) is 4.18 Å². The molecule has 0 saturated heterocycles. The standard InChI is InChI=1S/C19H11F3O3S/c20-19(21,22)26(23,24)25-17-11-13-10-9-12-5-1-2-6-14(12)18(13)16-8-4-3-7-15(16)17/h1-11H. The summed E-state index contributed by atoms with van der Waals surface area (Å²) in [5, 5.41) is 4.23. The fraction of sp³-hybridized carbons (Fsp3) is 0.0526. The number of fused-ring (bicyclic) bond motifs is 5. The molecule has 0 spiro atoms. The first-order valence-electron chi connectivity index (χ1n) is 7.62. The van der Waals surface area contributed by atoms with E-state index in [9.17, 15) is 21.6 Å². The Bertz CT molecular complexity index is 1260. The molecule has 26 heavy (non-hydrogen) atoms. The molecule has 0 unspecified atom stereocenters. The minimum atomic E-state index is -5.75. The van der Waals surface area contributed by atoms with E-state index in [4.69, 9.17) is 0 Å². The zero-order valence-electron chi connectivity index (χ0n) is 13.1. The summed E-state index contributed by atoms with van der Waals surface area (Å²) in [6, 6.07) is 19.1. The lowest BCUT2D eigenvalue weighted by Crippen LogP contribution is -2.28. The highest BCUT2D eigenvalue weighted by atomic mass is 32.2. The molecule has 0 amide bonds.